The minimum absolute atomic E-state index is 0.182. The molecule has 19 heavy (non-hydrogen) atoms. The summed E-state index contributed by atoms with van der Waals surface area (Å²) in [5.41, 5.74) is 7.90. The fourth-order valence-corrected chi connectivity index (χ4v) is 3.41. The van der Waals surface area contributed by atoms with Crippen molar-refractivity contribution in [1.82, 2.24) is 10.2 Å². The van der Waals surface area contributed by atoms with Crippen LogP contribution in [0.2, 0.25) is 0 Å². The van der Waals surface area contributed by atoms with Crippen LogP contribution in [0, 0.1) is 5.92 Å². The molecule has 0 saturated carbocycles. The van der Waals surface area contributed by atoms with E-state index in [0.717, 1.165) is 42.6 Å². The van der Waals surface area contributed by atoms with Crippen LogP contribution in [0.4, 0.5) is 5.69 Å². The number of hydrogen-bond donors (Lipinski definition) is 2. The predicted octanol–water partition coefficient (Wildman–Crippen LogP) is 1.74. The van der Waals surface area contributed by atoms with E-state index < -0.39 is 0 Å². The predicted molar refractivity (Wildman–Crippen MR) is 78.5 cm³/mol. The average molecular weight is 324 g/mol. The first-order chi connectivity index (χ1) is 9.15. The molecule has 1 aromatic carbocycles. The van der Waals surface area contributed by atoms with Crippen molar-refractivity contribution in [1.29, 1.82) is 0 Å². The first kappa shape index (κ1) is 12.9. The number of nitrogens with one attached hydrogen (secondary N) is 1. The molecule has 0 spiro atoms. The van der Waals surface area contributed by atoms with Crippen LogP contribution in [0.3, 0.4) is 0 Å². The lowest BCUT2D eigenvalue weighted by Gasteiger charge is -2.35. The van der Waals surface area contributed by atoms with Crippen LogP contribution in [0.25, 0.3) is 0 Å². The normalized spacial score (nSPS) is 27.1. The molecule has 5 heteroatoms. The van der Waals surface area contributed by atoms with Crippen LogP contribution >= 0.6 is 15.9 Å². The Kier molecular flexibility index (Phi) is 3.50. The van der Waals surface area contributed by atoms with Crippen molar-refractivity contribution in [2.24, 2.45) is 5.92 Å². The van der Waals surface area contributed by atoms with Gasteiger partial charge in [-0.05, 0) is 53.0 Å². The molecule has 2 unspecified atom stereocenters. The SMILES string of the molecule is Nc1cc(CN2CCCC3C(=O)NCC32)ccc1Br. The maximum absolute atomic E-state index is 11.7. The molecule has 3 rings (SSSR count). The lowest BCUT2D eigenvalue weighted by Crippen LogP contribution is -2.44. The van der Waals surface area contributed by atoms with Gasteiger partial charge in [0.2, 0.25) is 5.91 Å². The van der Waals surface area contributed by atoms with Crippen molar-refractivity contribution in [3.63, 3.8) is 0 Å². The Morgan fingerprint density at radius 1 is 1.47 bits per heavy atom. The van der Waals surface area contributed by atoms with Crippen LogP contribution in [0.15, 0.2) is 22.7 Å². The van der Waals surface area contributed by atoms with Crippen molar-refractivity contribution in [2.75, 3.05) is 18.8 Å². The first-order valence-electron chi connectivity index (χ1n) is 6.71. The number of nitrogens with two attached hydrogens (primary N) is 1. The monoisotopic (exact) mass is 323 g/mol. The zero-order chi connectivity index (χ0) is 13.4. The highest BCUT2D eigenvalue weighted by atomic mass is 79.9. The van der Waals surface area contributed by atoms with Gasteiger partial charge in [-0.2, -0.15) is 0 Å². The van der Waals surface area contributed by atoms with E-state index in [2.05, 4.69) is 32.2 Å². The van der Waals surface area contributed by atoms with Gasteiger partial charge < -0.3 is 11.1 Å². The second-order valence-electron chi connectivity index (χ2n) is 5.39. The fourth-order valence-electron chi connectivity index (χ4n) is 3.16. The van der Waals surface area contributed by atoms with E-state index in [1.165, 1.54) is 5.56 Å². The highest BCUT2D eigenvalue weighted by molar-refractivity contribution is 9.10. The molecule has 0 radical (unpaired) electrons. The Morgan fingerprint density at radius 3 is 3.11 bits per heavy atom. The number of anilines is 1. The fraction of sp³-hybridized carbons (Fsp3) is 0.500. The molecule has 2 aliphatic rings. The number of benzene rings is 1. The number of carbonyl (C=O) groups is 1. The standard InChI is InChI=1S/C14H18BrN3O/c15-11-4-3-9(6-12(11)16)8-18-5-1-2-10-13(18)7-17-14(10)19/h3-4,6,10,13H,1-2,5,7-8,16H2,(H,17,19). The quantitative estimate of drug-likeness (QED) is 0.815. The molecule has 2 saturated heterocycles. The molecule has 2 heterocycles. The molecule has 0 aliphatic carbocycles. The molecule has 2 fully saturated rings. The zero-order valence-corrected chi connectivity index (χ0v) is 12.3. The summed E-state index contributed by atoms with van der Waals surface area (Å²) in [6.45, 7) is 2.72. The maximum Gasteiger partial charge on any atom is 0.224 e. The van der Waals surface area contributed by atoms with Crippen LogP contribution in [0.5, 0.6) is 0 Å². The molecule has 2 aliphatic heterocycles. The Hall–Kier alpha value is -1.07. The number of nitrogens with zero attached hydrogens (tertiary/aromatic N) is 1. The van der Waals surface area contributed by atoms with E-state index in [1.54, 1.807) is 0 Å². The molecule has 1 aromatic rings. The summed E-state index contributed by atoms with van der Waals surface area (Å²) in [5, 5.41) is 2.99. The number of likely N-dealkylation sites (tertiary alicyclic amines) is 1. The number of amides is 1. The third-order valence-electron chi connectivity index (χ3n) is 4.16. The van der Waals surface area contributed by atoms with Gasteiger partial charge in [0, 0.05) is 29.3 Å². The third kappa shape index (κ3) is 2.49. The minimum atomic E-state index is 0.182. The van der Waals surface area contributed by atoms with Gasteiger partial charge in [-0.1, -0.05) is 6.07 Å². The number of hydrogen-bond acceptors (Lipinski definition) is 3. The third-order valence-corrected chi connectivity index (χ3v) is 4.88. The van der Waals surface area contributed by atoms with Crippen LogP contribution in [0.1, 0.15) is 18.4 Å². The second-order valence-corrected chi connectivity index (χ2v) is 6.24. The van der Waals surface area contributed by atoms with Crippen molar-refractivity contribution in [3.8, 4) is 0 Å². The Balaban J connectivity index is 1.75. The summed E-state index contributed by atoms with van der Waals surface area (Å²) < 4.78 is 0.936. The minimum Gasteiger partial charge on any atom is -0.398 e. The van der Waals surface area contributed by atoms with Gasteiger partial charge >= 0.3 is 0 Å². The lowest BCUT2D eigenvalue weighted by molar-refractivity contribution is -0.124. The Morgan fingerprint density at radius 2 is 2.32 bits per heavy atom. The number of fused-ring (bicyclic) bond motifs is 1. The summed E-state index contributed by atoms with van der Waals surface area (Å²) in [7, 11) is 0. The average Bonchev–Trinajstić information content (AvgIpc) is 2.77. The summed E-state index contributed by atoms with van der Waals surface area (Å²) in [6, 6.07) is 6.45. The van der Waals surface area contributed by atoms with Crippen molar-refractivity contribution >= 4 is 27.5 Å². The van der Waals surface area contributed by atoms with Gasteiger partial charge in [-0.3, -0.25) is 9.69 Å². The van der Waals surface area contributed by atoms with E-state index in [-0.39, 0.29) is 11.8 Å². The van der Waals surface area contributed by atoms with Gasteiger partial charge in [-0.25, -0.2) is 0 Å². The van der Waals surface area contributed by atoms with Crippen molar-refractivity contribution < 1.29 is 4.79 Å². The van der Waals surface area contributed by atoms with Crippen molar-refractivity contribution in [3.05, 3.63) is 28.2 Å². The lowest BCUT2D eigenvalue weighted by atomic mass is 9.91. The highest BCUT2D eigenvalue weighted by Gasteiger charge is 2.40. The summed E-state index contributed by atoms with van der Waals surface area (Å²) in [5.74, 6) is 0.409. The molecular formula is C14H18BrN3O. The largest absolute Gasteiger partial charge is 0.398 e. The van der Waals surface area contributed by atoms with Gasteiger partial charge in [0.05, 0.1) is 5.92 Å². The molecule has 4 nitrogen and oxygen atoms in total. The van der Waals surface area contributed by atoms with Gasteiger partial charge in [0.25, 0.3) is 0 Å². The van der Waals surface area contributed by atoms with E-state index in [9.17, 15) is 4.79 Å². The van der Waals surface area contributed by atoms with Crippen LogP contribution in [-0.2, 0) is 11.3 Å². The van der Waals surface area contributed by atoms with E-state index >= 15 is 0 Å². The number of piperidine rings is 1. The number of carbonyl (C=O) groups excluding carboxylic acids is 1. The molecule has 2 atom stereocenters. The van der Waals surface area contributed by atoms with Crippen LogP contribution < -0.4 is 11.1 Å². The Labute approximate surface area is 121 Å². The zero-order valence-electron chi connectivity index (χ0n) is 10.7. The van der Waals surface area contributed by atoms with E-state index in [1.807, 2.05) is 12.1 Å². The molecule has 3 N–H and O–H groups in total. The first-order valence-corrected chi connectivity index (χ1v) is 7.50. The highest BCUT2D eigenvalue weighted by Crippen LogP contribution is 2.29. The maximum atomic E-state index is 11.7. The second kappa shape index (κ2) is 5.13. The van der Waals surface area contributed by atoms with Crippen molar-refractivity contribution in [2.45, 2.75) is 25.4 Å². The molecule has 0 aromatic heterocycles. The number of rotatable bonds is 2. The summed E-state index contributed by atoms with van der Waals surface area (Å²) in [6.07, 6.45) is 2.12. The Bertz CT molecular complexity index is 505. The number of nitrogen functional groups attached to an aromatic ring is 1. The van der Waals surface area contributed by atoms with Gasteiger partial charge in [-0.15, -0.1) is 0 Å². The molecular weight excluding hydrogens is 306 g/mol. The van der Waals surface area contributed by atoms with Crippen LogP contribution in [-0.4, -0.2) is 29.9 Å². The van der Waals surface area contributed by atoms with E-state index in [0.29, 0.717) is 6.04 Å². The molecule has 1 amide bonds. The topological polar surface area (TPSA) is 58.4 Å². The van der Waals surface area contributed by atoms with E-state index in [4.69, 9.17) is 5.73 Å². The van der Waals surface area contributed by atoms with Gasteiger partial charge in [0.1, 0.15) is 0 Å². The molecule has 0 bridgehead atoms. The van der Waals surface area contributed by atoms with Gasteiger partial charge in [0.15, 0.2) is 0 Å². The number of halogens is 1. The summed E-state index contributed by atoms with van der Waals surface area (Å²) >= 11 is 3.41. The smallest absolute Gasteiger partial charge is 0.224 e. The summed E-state index contributed by atoms with van der Waals surface area (Å²) in [4.78, 5) is 14.2. The molecule has 102 valence electrons.